The molecule has 1 fully saturated rings. The zero-order valence-corrected chi connectivity index (χ0v) is 18.8. The second kappa shape index (κ2) is 9.97. The number of rotatable bonds is 5. The van der Waals surface area contributed by atoms with Crippen molar-refractivity contribution in [3.05, 3.63) is 47.0 Å². The van der Waals surface area contributed by atoms with E-state index in [4.69, 9.17) is 33.3 Å². The highest BCUT2D eigenvalue weighted by atomic mass is 35.5. The number of ether oxygens (including phenoxy) is 2. The van der Waals surface area contributed by atoms with Gasteiger partial charge >= 0.3 is 0 Å². The fourth-order valence-corrected chi connectivity index (χ4v) is 3.72. The molecule has 0 spiro atoms. The number of likely N-dealkylation sites (N-methyl/N-ethyl adjacent to an activating group) is 1. The number of halogens is 1. The first-order valence-corrected chi connectivity index (χ1v) is 10.3. The van der Waals surface area contributed by atoms with Gasteiger partial charge in [0.25, 0.3) is 5.91 Å². The summed E-state index contributed by atoms with van der Waals surface area (Å²) in [7, 11) is 5.16. The Labute approximate surface area is 186 Å². The molecule has 160 valence electrons. The summed E-state index contributed by atoms with van der Waals surface area (Å²) >= 11 is 11.8. The zero-order chi connectivity index (χ0) is 21.7. The quantitative estimate of drug-likeness (QED) is 0.680. The standard InChI is InChI=1S/C21H25ClN4O3S/c1-25-8-10-26(11-9-25)18-7-4-14(12-17(18)22)23-21(30)24-20(27)16-6-5-15(28-2)13-19(16)29-3/h4-7,12-13H,8-11H2,1-3H3,(H2,23,24,27,30). The molecule has 30 heavy (non-hydrogen) atoms. The van der Waals surface area contributed by atoms with Gasteiger partial charge in [-0.25, -0.2) is 0 Å². The number of carbonyl (C=O) groups excluding carboxylic acids is 1. The van der Waals surface area contributed by atoms with Crippen molar-refractivity contribution >= 4 is 46.2 Å². The van der Waals surface area contributed by atoms with Crippen molar-refractivity contribution in [3.8, 4) is 11.5 Å². The van der Waals surface area contributed by atoms with Crippen LogP contribution in [0.15, 0.2) is 36.4 Å². The average molecular weight is 449 g/mol. The molecule has 7 nitrogen and oxygen atoms in total. The van der Waals surface area contributed by atoms with Crippen LogP contribution in [0, 0.1) is 0 Å². The van der Waals surface area contributed by atoms with E-state index in [1.807, 2.05) is 18.2 Å². The predicted octanol–water partition coefficient (Wildman–Crippen LogP) is 3.24. The van der Waals surface area contributed by atoms with Crippen LogP contribution in [0.25, 0.3) is 0 Å². The van der Waals surface area contributed by atoms with Crippen LogP contribution in [0.1, 0.15) is 10.4 Å². The molecule has 1 heterocycles. The number of nitrogens with one attached hydrogen (secondary N) is 2. The Morgan fingerprint density at radius 2 is 1.80 bits per heavy atom. The van der Waals surface area contributed by atoms with E-state index in [-0.39, 0.29) is 11.0 Å². The lowest BCUT2D eigenvalue weighted by atomic mass is 10.2. The molecule has 0 radical (unpaired) electrons. The molecule has 0 saturated carbocycles. The van der Waals surface area contributed by atoms with E-state index in [0.717, 1.165) is 31.9 Å². The van der Waals surface area contributed by atoms with Crippen LogP contribution in [0.3, 0.4) is 0 Å². The largest absolute Gasteiger partial charge is 0.497 e. The van der Waals surface area contributed by atoms with Gasteiger partial charge in [-0.05, 0) is 49.6 Å². The number of benzene rings is 2. The molecule has 1 saturated heterocycles. The fourth-order valence-electron chi connectivity index (χ4n) is 3.21. The maximum atomic E-state index is 12.6. The van der Waals surface area contributed by atoms with Crippen LogP contribution < -0.4 is 25.0 Å². The number of hydrogen-bond acceptors (Lipinski definition) is 6. The van der Waals surface area contributed by atoms with Gasteiger partial charge < -0.3 is 24.6 Å². The van der Waals surface area contributed by atoms with Crippen LogP contribution in [0.5, 0.6) is 11.5 Å². The molecular weight excluding hydrogens is 424 g/mol. The maximum Gasteiger partial charge on any atom is 0.261 e. The minimum absolute atomic E-state index is 0.168. The minimum Gasteiger partial charge on any atom is -0.497 e. The molecule has 9 heteroatoms. The molecule has 2 N–H and O–H groups in total. The van der Waals surface area contributed by atoms with Crippen LogP contribution in [0.4, 0.5) is 11.4 Å². The smallest absolute Gasteiger partial charge is 0.261 e. The molecule has 3 rings (SSSR count). The van der Waals surface area contributed by atoms with Crippen molar-refractivity contribution in [2.45, 2.75) is 0 Å². The van der Waals surface area contributed by atoms with Crippen molar-refractivity contribution in [1.29, 1.82) is 0 Å². The monoisotopic (exact) mass is 448 g/mol. The van der Waals surface area contributed by atoms with Crippen molar-refractivity contribution in [3.63, 3.8) is 0 Å². The first-order valence-electron chi connectivity index (χ1n) is 9.48. The number of piperazine rings is 1. The lowest BCUT2D eigenvalue weighted by Gasteiger charge is -2.34. The number of thiocarbonyl (C=S) groups is 1. The lowest BCUT2D eigenvalue weighted by molar-refractivity contribution is 0.0974. The van der Waals surface area contributed by atoms with Gasteiger partial charge in [0.1, 0.15) is 11.5 Å². The molecule has 0 aliphatic carbocycles. The van der Waals surface area contributed by atoms with Gasteiger partial charge in [-0.2, -0.15) is 0 Å². The number of methoxy groups -OCH3 is 2. The van der Waals surface area contributed by atoms with Crippen molar-refractivity contribution < 1.29 is 14.3 Å². The summed E-state index contributed by atoms with van der Waals surface area (Å²) in [5.41, 5.74) is 2.05. The topological polar surface area (TPSA) is 66.1 Å². The highest BCUT2D eigenvalue weighted by Gasteiger charge is 2.18. The third-order valence-electron chi connectivity index (χ3n) is 4.93. The average Bonchev–Trinajstić information content (AvgIpc) is 2.74. The first-order chi connectivity index (χ1) is 14.4. The summed E-state index contributed by atoms with van der Waals surface area (Å²) in [5, 5.41) is 6.47. The molecule has 2 aromatic carbocycles. The fraction of sp³-hybridized carbons (Fsp3) is 0.333. The SMILES string of the molecule is COc1ccc(C(=O)NC(=S)Nc2ccc(N3CCN(C)CC3)c(Cl)c2)c(OC)c1. The van der Waals surface area contributed by atoms with Gasteiger partial charge in [0.05, 0.1) is 30.5 Å². The third-order valence-corrected chi connectivity index (χ3v) is 5.44. The Morgan fingerprint density at radius 3 is 2.43 bits per heavy atom. The molecule has 0 atom stereocenters. The Morgan fingerprint density at radius 1 is 1.07 bits per heavy atom. The van der Waals surface area contributed by atoms with E-state index in [9.17, 15) is 4.79 Å². The summed E-state index contributed by atoms with van der Waals surface area (Å²) in [5.74, 6) is 0.612. The molecule has 0 unspecified atom stereocenters. The van der Waals surface area contributed by atoms with Gasteiger partial charge in [-0.15, -0.1) is 0 Å². The minimum atomic E-state index is -0.382. The summed E-state index contributed by atoms with van der Waals surface area (Å²) in [4.78, 5) is 17.1. The number of anilines is 2. The van der Waals surface area contributed by atoms with Crippen molar-refractivity contribution in [2.75, 3.05) is 57.7 Å². The second-order valence-electron chi connectivity index (χ2n) is 6.93. The molecule has 0 bridgehead atoms. The Balaban J connectivity index is 1.63. The number of carbonyl (C=O) groups is 1. The lowest BCUT2D eigenvalue weighted by Crippen LogP contribution is -2.44. The molecule has 2 aromatic rings. The van der Waals surface area contributed by atoms with Gasteiger partial charge in [-0.3, -0.25) is 10.1 Å². The van der Waals surface area contributed by atoms with E-state index in [1.54, 1.807) is 25.3 Å². The van der Waals surface area contributed by atoms with E-state index in [1.165, 1.54) is 7.11 Å². The molecule has 0 aromatic heterocycles. The molecule has 1 amide bonds. The summed E-state index contributed by atoms with van der Waals surface area (Å²) in [6.45, 7) is 3.87. The number of amides is 1. The van der Waals surface area contributed by atoms with Gasteiger partial charge in [0.2, 0.25) is 0 Å². The zero-order valence-electron chi connectivity index (χ0n) is 17.2. The Kier molecular flexibility index (Phi) is 7.36. The Bertz CT molecular complexity index is 932. The summed E-state index contributed by atoms with van der Waals surface area (Å²) in [6.07, 6.45) is 0. The summed E-state index contributed by atoms with van der Waals surface area (Å²) in [6, 6.07) is 10.6. The Hall–Kier alpha value is -2.55. The third kappa shape index (κ3) is 5.33. The van der Waals surface area contributed by atoms with Gasteiger partial charge in [-0.1, -0.05) is 11.6 Å². The van der Waals surface area contributed by atoms with Crippen LogP contribution >= 0.6 is 23.8 Å². The van der Waals surface area contributed by atoms with Gasteiger partial charge in [0, 0.05) is 37.9 Å². The highest BCUT2D eigenvalue weighted by molar-refractivity contribution is 7.80. The highest BCUT2D eigenvalue weighted by Crippen LogP contribution is 2.29. The predicted molar refractivity (Wildman–Crippen MR) is 124 cm³/mol. The van der Waals surface area contributed by atoms with Crippen molar-refractivity contribution in [1.82, 2.24) is 10.2 Å². The normalized spacial score (nSPS) is 14.2. The maximum absolute atomic E-state index is 12.6. The van der Waals surface area contributed by atoms with Crippen LogP contribution in [0.2, 0.25) is 5.02 Å². The second-order valence-corrected chi connectivity index (χ2v) is 7.75. The number of hydrogen-bond donors (Lipinski definition) is 2. The molecule has 1 aliphatic heterocycles. The van der Waals surface area contributed by atoms with E-state index >= 15 is 0 Å². The van der Waals surface area contributed by atoms with Crippen LogP contribution in [-0.2, 0) is 0 Å². The molecular formula is C21H25ClN4O3S. The van der Waals surface area contributed by atoms with Gasteiger partial charge in [0.15, 0.2) is 5.11 Å². The first kappa shape index (κ1) is 22.1. The van der Waals surface area contributed by atoms with E-state index < -0.39 is 0 Å². The van der Waals surface area contributed by atoms with E-state index in [2.05, 4.69) is 27.5 Å². The summed E-state index contributed by atoms with van der Waals surface area (Å²) < 4.78 is 10.4. The number of nitrogens with zero attached hydrogens (tertiary/aromatic N) is 2. The van der Waals surface area contributed by atoms with Crippen LogP contribution in [-0.4, -0.2) is 63.4 Å². The van der Waals surface area contributed by atoms with E-state index in [0.29, 0.717) is 27.8 Å². The van der Waals surface area contributed by atoms with Crippen molar-refractivity contribution in [2.24, 2.45) is 0 Å². The molecule has 1 aliphatic rings.